The molecule has 6 heteroatoms. The molecular weight excluding hydrogens is 865 g/mol. The lowest BCUT2D eigenvalue weighted by molar-refractivity contribution is -0.167. The molecule has 70 heavy (non-hydrogen) atoms. The summed E-state index contributed by atoms with van der Waals surface area (Å²) in [5.74, 6) is -0.839. The molecule has 0 aliphatic heterocycles. The number of rotatable bonds is 59. The molecule has 0 rings (SSSR count). The fourth-order valence-corrected chi connectivity index (χ4v) is 9.74. The highest BCUT2D eigenvalue weighted by Gasteiger charge is 2.19. The van der Waals surface area contributed by atoms with Crippen LogP contribution in [0, 0.1) is 0 Å². The Kier molecular flexibility index (Phi) is 58.1. The summed E-state index contributed by atoms with van der Waals surface area (Å²) in [5.41, 5.74) is 0. The van der Waals surface area contributed by atoms with Crippen molar-refractivity contribution in [3.63, 3.8) is 0 Å². The number of hydrogen-bond acceptors (Lipinski definition) is 6. The van der Waals surface area contributed by atoms with Gasteiger partial charge >= 0.3 is 17.9 Å². The van der Waals surface area contributed by atoms with Gasteiger partial charge in [0.15, 0.2) is 6.10 Å². The van der Waals surface area contributed by atoms with E-state index in [1.165, 1.54) is 263 Å². The van der Waals surface area contributed by atoms with Crippen LogP contribution in [0.2, 0.25) is 0 Å². The number of esters is 3. The summed E-state index contributed by atoms with van der Waals surface area (Å²) in [6.45, 7) is 6.71. The van der Waals surface area contributed by atoms with Gasteiger partial charge in [-0.1, -0.05) is 309 Å². The lowest BCUT2D eigenvalue weighted by Gasteiger charge is -2.18. The molecule has 0 spiro atoms. The Morgan fingerprint density at radius 3 is 0.714 bits per heavy atom. The Hall–Kier alpha value is -1.85. The normalized spacial score (nSPS) is 12.0. The highest BCUT2D eigenvalue weighted by Crippen LogP contribution is 2.18. The molecule has 414 valence electrons. The number of carbonyl (C=O) groups is 3. The van der Waals surface area contributed by atoms with Gasteiger partial charge in [-0.3, -0.25) is 14.4 Å². The van der Waals surface area contributed by atoms with Crippen LogP contribution < -0.4 is 0 Å². The zero-order valence-electron chi connectivity index (χ0n) is 47.6. The monoisotopic (exact) mass is 987 g/mol. The Labute approximate surface area is 437 Å². The molecule has 0 N–H and O–H groups in total. The maximum absolute atomic E-state index is 12.9. The van der Waals surface area contributed by atoms with Crippen LogP contribution in [-0.2, 0) is 28.6 Å². The van der Waals surface area contributed by atoms with Crippen molar-refractivity contribution in [3.05, 3.63) is 12.2 Å². The summed E-state index contributed by atoms with van der Waals surface area (Å²) in [7, 11) is 0. The molecule has 0 aromatic heterocycles. The topological polar surface area (TPSA) is 78.9 Å². The van der Waals surface area contributed by atoms with E-state index in [-0.39, 0.29) is 31.1 Å². The van der Waals surface area contributed by atoms with E-state index in [0.717, 1.165) is 57.8 Å². The van der Waals surface area contributed by atoms with Gasteiger partial charge in [0.05, 0.1) is 0 Å². The molecule has 0 radical (unpaired) electrons. The third kappa shape index (κ3) is 57.1. The van der Waals surface area contributed by atoms with Crippen LogP contribution in [0.5, 0.6) is 0 Å². The van der Waals surface area contributed by atoms with Crippen LogP contribution >= 0.6 is 0 Å². The number of unbranched alkanes of at least 4 members (excludes halogenated alkanes) is 46. The van der Waals surface area contributed by atoms with E-state index in [9.17, 15) is 14.4 Å². The van der Waals surface area contributed by atoms with Gasteiger partial charge in [0.1, 0.15) is 13.2 Å². The molecule has 0 bridgehead atoms. The van der Waals surface area contributed by atoms with Crippen molar-refractivity contribution in [1.82, 2.24) is 0 Å². The number of carbonyl (C=O) groups excluding carboxylic acids is 3. The van der Waals surface area contributed by atoms with Crippen LogP contribution in [-0.4, -0.2) is 37.2 Å². The fourth-order valence-electron chi connectivity index (χ4n) is 9.74. The molecule has 1 unspecified atom stereocenters. The summed E-state index contributed by atoms with van der Waals surface area (Å²) in [4.78, 5) is 38.3. The summed E-state index contributed by atoms with van der Waals surface area (Å²) in [5, 5.41) is 0. The van der Waals surface area contributed by atoms with Crippen LogP contribution in [0.25, 0.3) is 0 Å². The minimum Gasteiger partial charge on any atom is -0.462 e. The van der Waals surface area contributed by atoms with Crippen LogP contribution in [0.15, 0.2) is 12.2 Å². The molecule has 0 aromatic carbocycles. The zero-order chi connectivity index (χ0) is 50.7. The van der Waals surface area contributed by atoms with Crippen LogP contribution in [0.3, 0.4) is 0 Å². The van der Waals surface area contributed by atoms with Crippen LogP contribution in [0.4, 0.5) is 0 Å². The number of hydrogen-bond donors (Lipinski definition) is 0. The first-order valence-electron chi connectivity index (χ1n) is 31.7. The molecule has 0 saturated carbocycles. The average Bonchev–Trinajstić information content (AvgIpc) is 3.36. The van der Waals surface area contributed by atoms with Crippen molar-refractivity contribution in [2.45, 2.75) is 367 Å². The second-order valence-corrected chi connectivity index (χ2v) is 21.7. The fraction of sp³-hybridized carbons (Fsp3) is 0.922. The van der Waals surface area contributed by atoms with Gasteiger partial charge in [0.25, 0.3) is 0 Å². The van der Waals surface area contributed by atoms with Gasteiger partial charge in [0.2, 0.25) is 0 Å². The minimum absolute atomic E-state index is 0.0652. The van der Waals surface area contributed by atoms with Gasteiger partial charge in [-0.05, 0) is 44.9 Å². The smallest absolute Gasteiger partial charge is 0.306 e. The first kappa shape index (κ1) is 68.2. The van der Waals surface area contributed by atoms with Crippen molar-refractivity contribution < 1.29 is 28.6 Å². The first-order chi connectivity index (χ1) is 34.5. The summed E-state index contributed by atoms with van der Waals surface area (Å²) >= 11 is 0. The maximum atomic E-state index is 12.9. The molecule has 0 amide bonds. The molecule has 0 aliphatic carbocycles. The lowest BCUT2D eigenvalue weighted by Crippen LogP contribution is -2.30. The first-order valence-corrected chi connectivity index (χ1v) is 31.7. The Balaban J connectivity index is 4.29. The predicted octanol–water partition coefficient (Wildman–Crippen LogP) is 21.3. The van der Waals surface area contributed by atoms with E-state index >= 15 is 0 Å². The molecular formula is C64H122O6. The second kappa shape index (κ2) is 59.7. The van der Waals surface area contributed by atoms with Gasteiger partial charge in [-0.2, -0.15) is 0 Å². The molecule has 6 nitrogen and oxygen atoms in total. The van der Waals surface area contributed by atoms with E-state index in [0.29, 0.717) is 19.3 Å². The highest BCUT2D eigenvalue weighted by molar-refractivity contribution is 5.71. The van der Waals surface area contributed by atoms with Crippen molar-refractivity contribution in [2.75, 3.05) is 13.2 Å². The van der Waals surface area contributed by atoms with Gasteiger partial charge in [-0.25, -0.2) is 0 Å². The Morgan fingerprint density at radius 2 is 0.471 bits per heavy atom. The summed E-state index contributed by atoms with van der Waals surface area (Å²) < 4.78 is 16.9. The standard InChI is InChI=1S/C64H122O6/c1-4-7-10-13-16-19-22-25-28-30-31-32-34-36-39-42-45-48-51-54-57-63(66)69-60-61(59-68-62(65)56-53-50-47-44-41-38-35-27-24-21-18-15-12-9-6-3)70-64(67)58-55-52-49-46-43-40-37-33-29-26-23-20-17-14-11-8-5-2/h26,29,61H,4-25,27-28,30-60H2,1-3H3/b29-26-. The Morgan fingerprint density at radius 1 is 0.271 bits per heavy atom. The largest absolute Gasteiger partial charge is 0.462 e. The highest BCUT2D eigenvalue weighted by atomic mass is 16.6. The van der Waals surface area contributed by atoms with E-state index in [4.69, 9.17) is 14.2 Å². The molecule has 0 aliphatic rings. The van der Waals surface area contributed by atoms with E-state index in [2.05, 4.69) is 32.9 Å². The third-order valence-electron chi connectivity index (χ3n) is 14.5. The zero-order valence-corrected chi connectivity index (χ0v) is 47.6. The SMILES string of the molecule is CCCCCCCC/C=C\CCCCCCCCCC(=O)OC(COC(=O)CCCCCCCCCCCCCCCCC)COC(=O)CCCCCCCCCCCCCCCCCCCCCC. The van der Waals surface area contributed by atoms with Gasteiger partial charge < -0.3 is 14.2 Å². The predicted molar refractivity (Wildman–Crippen MR) is 303 cm³/mol. The van der Waals surface area contributed by atoms with Crippen molar-refractivity contribution in [1.29, 1.82) is 0 Å². The number of ether oxygens (including phenoxy) is 3. The van der Waals surface area contributed by atoms with Crippen molar-refractivity contribution in [3.8, 4) is 0 Å². The molecule has 0 saturated heterocycles. The summed E-state index contributed by atoms with van der Waals surface area (Å²) in [6.07, 6.45) is 69.2. The molecule has 0 fully saturated rings. The van der Waals surface area contributed by atoms with E-state index in [1.54, 1.807) is 0 Å². The van der Waals surface area contributed by atoms with Crippen LogP contribution in [0.1, 0.15) is 361 Å². The van der Waals surface area contributed by atoms with Crippen molar-refractivity contribution in [2.24, 2.45) is 0 Å². The maximum Gasteiger partial charge on any atom is 0.306 e. The van der Waals surface area contributed by atoms with Gasteiger partial charge in [-0.15, -0.1) is 0 Å². The second-order valence-electron chi connectivity index (χ2n) is 21.7. The van der Waals surface area contributed by atoms with E-state index < -0.39 is 6.10 Å². The third-order valence-corrected chi connectivity index (χ3v) is 14.5. The lowest BCUT2D eigenvalue weighted by atomic mass is 10.0. The van der Waals surface area contributed by atoms with Gasteiger partial charge in [0, 0.05) is 19.3 Å². The molecule has 0 aromatic rings. The minimum atomic E-state index is -0.767. The molecule has 0 heterocycles. The average molecular weight is 988 g/mol. The Bertz CT molecular complexity index is 1090. The number of allylic oxidation sites excluding steroid dienone is 2. The van der Waals surface area contributed by atoms with E-state index in [1.807, 2.05) is 0 Å². The molecule has 1 atom stereocenters. The quantitative estimate of drug-likeness (QED) is 0.0261. The summed E-state index contributed by atoms with van der Waals surface area (Å²) in [6, 6.07) is 0. The van der Waals surface area contributed by atoms with Crippen molar-refractivity contribution >= 4 is 17.9 Å².